The summed E-state index contributed by atoms with van der Waals surface area (Å²) in [6.45, 7) is 8.90. The van der Waals surface area contributed by atoms with Crippen LogP contribution >= 0.6 is 0 Å². The molecule has 3 heteroatoms. The van der Waals surface area contributed by atoms with E-state index in [1.165, 1.54) is 0 Å². The van der Waals surface area contributed by atoms with Crippen LogP contribution in [0.2, 0.25) is 0 Å². The first-order chi connectivity index (χ1) is 9.79. The van der Waals surface area contributed by atoms with Crippen molar-refractivity contribution in [2.45, 2.75) is 6.92 Å². The van der Waals surface area contributed by atoms with Crippen LogP contribution < -0.4 is 0 Å². The van der Waals surface area contributed by atoms with E-state index in [9.17, 15) is 0 Å². The molecular weight excluding hydrogens is 248 g/mol. The zero-order chi connectivity index (χ0) is 13.9. The van der Waals surface area contributed by atoms with Gasteiger partial charge in [-0.2, -0.15) is 0 Å². The Morgan fingerprint density at radius 1 is 0.950 bits per heavy atom. The van der Waals surface area contributed by atoms with Crippen molar-refractivity contribution in [3.05, 3.63) is 71.8 Å². The van der Waals surface area contributed by atoms with Gasteiger partial charge in [-0.15, -0.1) is 0 Å². The predicted octanol–water partition coefficient (Wildman–Crippen LogP) is 4.87. The molecule has 0 unspecified atom stereocenters. The second kappa shape index (κ2) is 5.02. The van der Waals surface area contributed by atoms with Gasteiger partial charge >= 0.3 is 0 Å². The van der Waals surface area contributed by atoms with E-state index >= 15 is 0 Å². The summed E-state index contributed by atoms with van der Waals surface area (Å²) in [4.78, 5) is 3.40. The smallest absolute Gasteiger partial charge is 0.187 e. The molecule has 0 saturated heterocycles. The predicted molar refractivity (Wildman–Crippen MR) is 78.4 cm³/mol. The van der Waals surface area contributed by atoms with E-state index in [2.05, 4.69) is 10.0 Å². The van der Waals surface area contributed by atoms with E-state index in [1.807, 2.05) is 49.4 Å². The minimum atomic E-state index is 0.621. The summed E-state index contributed by atoms with van der Waals surface area (Å²) in [7, 11) is 0. The van der Waals surface area contributed by atoms with E-state index in [0.29, 0.717) is 5.69 Å². The number of nitrogens with zero attached hydrogens (tertiary/aromatic N) is 2. The molecule has 1 aromatic heterocycles. The van der Waals surface area contributed by atoms with Crippen LogP contribution in [0.25, 0.3) is 27.2 Å². The van der Waals surface area contributed by atoms with Crippen molar-refractivity contribution < 1.29 is 4.52 Å². The van der Waals surface area contributed by atoms with E-state index < -0.39 is 0 Å². The van der Waals surface area contributed by atoms with Gasteiger partial charge in [0.1, 0.15) is 11.5 Å². The molecule has 1 heterocycles. The van der Waals surface area contributed by atoms with Crippen LogP contribution in [0.4, 0.5) is 5.69 Å². The number of benzene rings is 2. The Hall–Kier alpha value is -2.86. The molecule has 0 bridgehead atoms. The molecule has 3 nitrogen and oxygen atoms in total. The van der Waals surface area contributed by atoms with E-state index in [1.54, 1.807) is 12.1 Å². The average molecular weight is 260 g/mol. The van der Waals surface area contributed by atoms with Crippen LogP contribution in [0, 0.1) is 13.5 Å². The van der Waals surface area contributed by atoms with E-state index in [0.717, 1.165) is 28.1 Å². The number of hydrogen-bond acceptors (Lipinski definition) is 2. The van der Waals surface area contributed by atoms with Gasteiger partial charge in [0.15, 0.2) is 5.69 Å². The van der Waals surface area contributed by atoms with Crippen LogP contribution in [0.3, 0.4) is 0 Å². The molecule has 96 valence electrons. The molecule has 0 saturated carbocycles. The summed E-state index contributed by atoms with van der Waals surface area (Å²) >= 11 is 0. The zero-order valence-corrected chi connectivity index (χ0v) is 11.0. The highest BCUT2D eigenvalue weighted by molar-refractivity contribution is 5.82. The van der Waals surface area contributed by atoms with Crippen LogP contribution in [-0.2, 0) is 0 Å². The van der Waals surface area contributed by atoms with Crippen molar-refractivity contribution in [3.8, 4) is 22.4 Å². The lowest BCUT2D eigenvalue weighted by atomic mass is 9.99. The normalized spacial score (nSPS) is 10.2. The monoisotopic (exact) mass is 260 g/mol. The Morgan fingerprint density at radius 3 is 2.30 bits per heavy atom. The molecule has 0 fully saturated rings. The lowest BCUT2D eigenvalue weighted by Gasteiger charge is -2.03. The standard InChI is InChI=1S/C17H12N2O/c1-12-16(13-6-4-3-5-7-13)17(19-20-12)14-8-10-15(18-2)11-9-14/h3-11H,1H3. The van der Waals surface area contributed by atoms with Crippen molar-refractivity contribution in [2.75, 3.05) is 0 Å². The number of hydrogen-bond donors (Lipinski definition) is 0. The molecule has 0 aliphatic rings. The van der Waals surface area contributed by atoms with Gasteiger partial charge in [-0.1, -0.05) is 59.8 Å². The Kier molecular flexibility index (Phi) is 3.06. The first kappa shape index (κ1) is 12.2. The zero-order valence-electron chi connectivity index (χ0n) is 11.0. The molecule has 0 aliphatic heterocycles. The third-order valence-electron chi connectivity index (χ3n) is 3.20. The fourth-order valence-corrected chi connectivity index (χ4v) is 2.21. The Morgan fingerprint density at radius 2 is 1.65 bits per heavy atom. The van der Waals surface area contributed by atoms with Gasteiger partial charge in [-0.05, 0) is 12.5 Å². The summed E-state index contributed by atoms with van der Waals surface area (Å²) < 4.78 is 5.35. The van der Waals surface area contributed by atoms with Crippen LogP contribution in [0.5, 0.6) is 0 Å². The first-order valence-corrected chi connectivity index (χ1v) is 6.29. The maximum atomic E-state index is 6.99. The molecule has 0 aliphatic carbocycles. The van der Waals surface area contributed by atoms with Gasteiger partial charge in [0, 0.05) is 5.56 Å². The maximum absolute atomic E-state index is 6.99. The van der Waals surface area contributed by atoms with Gasteiger partial charge in [0.05, 0.1) is 12.1 Å². The molecule has 0 atom stereocenters. The summed E-state index contributed by atoms with van der Waals surface area (Å²) in [5.41, 5.74) is 4.46. The summed E-state index contributed by atoms with van der Waals surface area (Å²) in [5.74, 6) is 0.792. The fraction of sp³-hybridized carbons (Fsp3) is 0.0588. The van der Waals surface area contributed by atoms with Crippen LogP contribution in [0.15, 0.2) is 59.1 Å². The van der Waals surface area contributed by atoms with Gasteiger partial charge in [0.25, 0.3) is 0 Å². The minimum Gasteiger partial charge on any atom is -0.360 e. The van der Waals surface area contributed by atoms with Crippen molar-refractivity contribution in [3.63, 3.8) is 0 Å². The number of rotatable bonds is 2. The summed E-state index contributed by atoms with van der Waals surface area (Å²) in [6.07, 6.45) is 0. The molecule has 0 amide bonds. The van der Waals surface area contributed by atoms with Gasteiger partial charge < -0.3 is 4.52 Å². The quantitative estimate of drug-likeness (QED) is 0.615. The van der Waals surface area contributed by atoms with Crippen molar-refractivity contribution in [2.24, 2.45) is 0 Å². The van der Waals surface area contributed by atoms with Gasteiger partial charge in [0.2, 0.25) is 0 Å². The number of aryl methyl sites for hydroxylation is 1. The second-order valence-electron chi connectivity index (χ2n) is 4.49. The molecule has 0 radical (unpaired) electrons. The lowest BCUT2D eigenvalue weighted by molar-refractivity contribution is 0.400. The topological polar surface area (TPSA) is 30.4 Å². The van der Waals surface area contributed by atoms with Crippen molar-refractivity contribution in [1.82, 2.24) is 5.16 Å². The second-order valence-corrected chi connectivity index (χ2v) is 4.49. The average Bonchev–Trinajstić information content (AvgIpc) is 2.90. The lowest BCUT2D eigenvalue weighted by Crippen LogP contribution is -1.83. The molecular formula is C17H12N2O. The molecule has 3 rings (SSSR count). The van der Waals surface area contributed by atoms with Gasteiger partial charge in [-0.3, -0.25) is 0 Å². The molecule has 0 N–H and O–H groups in total. The Bertz CT molecular complexity index is 765. The third kappa shape index (κ3) is 2.08. The molecule has 0 spiro atoms. The minimum absolute atomic E-state index is 0.621. The highest BCUT2D eigenvalue weighted by atomic mass is 16.5. The highest BCUT2D eigenvalue weighted by Gasteiger charge is 2.16. The fourth-order valence-electron chi connectivity index (χ4n) is 2.21. The molecule has 2 aromatic carbocycles. The first-order valence-electron chi connectivity index (χ1n) is 6.29. The third-order valence-corrected chi connectivity index (χ3v) is 3.20. The van der Waals surface area contributed by atoms with Crippen LogP contribution in [-0.4, -0.2) is 5.16 Å². The molecule has 3 aromatic rings. The summed E-state index contributed by atoms with van der Waals surface area (Å²) in [5, 5.41) is 4.17. The van der Waals surface area contributed by atoms with Crippen molar-refractivity contribution >= 4 is 5.69 Å². The number of aromatic nitrogens is 1. The largest absolute Gasteiger partial charge is 0.360 e. The maximum Gasteiger partial charge on any atom is 0.187 e. The highest BCUT2D eigenvalue weighted by Crippen LogP contribution is 2.34. The van der Waals surface area contributed by atoms with E-state index in [-0.39, 0.29) is 0 Å². The van der Waals surface area contributed by atoms with Gasteiger partial charge in [-0.25, -0.2) is 4.85 Å². The van der Waals surface area contributed by atoms with Crippen LogP contribution in [0.1, 0.15) is 5.76 Å². The van der Waals surface area contributed by atoms with E-state index in [4.69, 9.17) is 11.1 Å². The Balaban J connectivity index is 2.13. The van der Waals surface area contributed by atoms with Crippen molar-refractivity contribution in [1.29, 1.82) is 0 Å². The Labute approximate surface area is 117 Å². The SMILES string of the molecule is [C-]#[N+]c1ccc(-c2noc(C)c2-c2ccccc2)cc1. The summed E-state index contributed by atoms with van der Waals surface area (Å²) in [6, 6.07) is 17.4. The molecule has 20 heavy (non-hydrogen) atoms.